The summed E-state index contributed by atoms with van der Waals surface area (Å²) < 4.78 is 5.23. The van der Waals surface area contributed by atoms with Crippen molar-refractivity contribution in [2.75, 3.05) is 5.32 Å². The van der Waals surface area contributed by atoms with E-state index in [1.54, 1.807) is 18.2 Å². The lowest BCUT2D eigenvalue weighted by Crippen LogP contribution is -2.08. The van der Waals surface area contributed by atoms with Crippen molar-refractivity contribution in [3.63, 3.8) is 0 Å². The van der Waals surface area contributed by atoms with Gasteiger partial charge < -0.3 is 9.84 Å². The summed E-state index contributed by atoms with van der Waals surface area (Å²) in [4.78, 5) is 15.7. The standard InChI is InChI=1S/C14H14ClN3O2/c1-4-12(19)16-11-6-5-9(15)7-10(11)14-17-13(8(2)3)18-20-14/h4-8H,1H2,2-3H3,(H,16,19). The molecule has 1 N–H and O–H groups in total. The number of nitrogens with zero attached hydrogens (tertiary/aromatic N) is 2. The van der Waals surface area contributed by atoms with E-state index >= 15 is 0 Å². The molecule has 2 aromatic rings. The minimum absolute atomic E-state index is 0.151. The monoisotopic (exact) mass is 291 g/mol. The summed E-state index contributed by atoms with van der Waals surface area (Å²) >= 11 is 5.98. The van der Waals surface area contributed by atoms with Crippen molar-refractivity contribution in [2.24, 2.45) is 0 Å². The van der Waals surface area contributed by atoms with Gasteiger partial charge >= 0.3 is 0 Å². The van der Waals surface area contributed by atoms with Gasteiger partial charge in [-0.1, -0.05) is 37.2 Å². The number of halogens is 1. The zero-order valence-corrected chi connectivity index (χ0v) is 11.9. The van der Waals surface area contributed by atoms with Gasteiger partial charge in [0.25, 0.3) is 5.89 Å². The van der Waals surface area contributed by atoms with Gasteiger partial charge in [0.1, 0.15) is 0 Å². The van der Waals surface area contributed by atoms with E-state index in [2.05, 4.69) is 22.0 Å². The number of amides is 1. The summed E-state index contributed by atoms with van der Waals surface area (Å²) in [7, 11) is 0. The van der Waals surface area contributed by atoms with Crippen LogP contribution in [0.3, 0.4) is 0 Å². The summed E-state index contributed by atoms with van der Waals surface area (Å²) in [5, 5.41) is 7.10. The second-order valence-corrected chi connectivity index (χ2v) is 4.93. The van der Waals surface area contributed by atoms with Gasteiger partial charge in [-0.05, 0) is 24.3 Å². The van der Waals surface area contributed by atoms with Crippen molar-refractivity contribution >= 4 is 23.2 Å². The van der Waals surface area contributed by atoms with Gasteiger partial charge in [0.2, 0.25) is 5.91 Å². The number of nitrogens with one attached hydrogen (secondary N) is 1. The fourth-order valence-electron chi connectivity index (χ4n) is 1.56. The number of anilines is 1. The van der Waals surface area contributed by atoms with Gasteiger partial charge in [-0.2, -0.15) is 4.98 Å². The van der Waals surface area contributed by atoms with Gasteiger partial charge in [-0.25, -0.2) is 0 Å². The molecule has 1 aromatic heterocycles. The Bertz CT molecular complexity index is 650. The number of aromatic nitrogens is 2. The third-order valence-electron chi connectivity index (χ3n) is 2.61. The maximum atomic E-state index is 11.4. The fourth-order valence-corrected chi connectivity index (χ4v) is 1.74. The van der Waals surface area contributed by atoms with E-state index < -0.39 is 0 Å². The van der Waals surface area contributed by atoms with Crippen LogP contribution in [0.1, 0.15) is 25.6 Å². The molecule has 0 aliphatic carbocycles. The van der Waals surface area contributed by atoms with E-state index in [0.29, 0.717) is 28.0 Å². The molecule has 1 amide bonds. The Kier molecular flexibility index (Phi) is 4.20. The average molecular weight is 292 g/mol. The van der Waals surface area contributed by atoms with Crippen molar-refractivity contribution < 1.29 is 9.32 Å². The Morgan fingerprint density at radius 3 is 2.85 bits per heavy atom. The average Bonchev–Trinajstić information content (AvgIpc) is 2.90. The molecule has 6 heteroatoms. The Labute approximate surface area is 121 Å². The molecule has 0 saturated carbocycles. The van der Waals surface area contributed by atoms with Gasteiger partial charge in [0.05, 0.1) is 11.3 Å². The Hall–Kier alpha value is -2.14. The Balaban J connectivity index is 2.44. The number of benzene rings is 1. The predicted molar refractivity (Wildman–Crippen MR) is 77.7 cm³/mol. The SMILES string of the molecule is C=CC(=O)Nc1ccc(Cl)cc1-c1nc(C(C)C)no1. The van der Waals surface area contributed by atoms with Gasteiger partial charge in [0, 0.05) is 10.9 Å². The molecular formula is C14H14ClN3O2. The van der Waals surface area contributed by atoms with Crippen LogP contribution in [0.15, 0.2) is 35.4 Å². The lowest BCUT2D eigenvalue weighted by molar-refractivity contribution is -0.111. The molecule has 0 atom stereocenters. The van der Waals surface area contributed by atoms with Crippen molar-refractivity contribution in [3.05, 3.63) is 41.7 Å². The molecule has 0 aliphatic rings. The zero-order valence-electron chi connectivity index (χ0n) is 11.2. The first-order chi connectivity index (χ1) is 9.51. The van der Waals surface area contributed by atoms with Crippen molar-refractivity contribution in [3.8, 4) is 11.5 Å². The molecule has 2 rings (SSSR count). The molecule has 0 spiro atoms. The molecule has 0 radical (unpaired) electrons. The highest BCUT2D eigenvalue weighted by Crippen LogP contribution is 2.30. The molecule has 1 aromatic carbocycles. The number of hydrogen-bond acceptors (Lipinski definition) is 4. The van der Waals surface area contributed by atoms with Gasteiger partial charge in [0.15, 0.2) is 5.82 Å². The smallest absolute Gasteiger partial charge is 0.260 e. The first-order valence-electron chi connectivity index (χ1n) is 6.08. The Morgan fingerprint density at radius 1 is 1.50 bits per heavy atom. The van der Waals surface area contributed by atoms with E-state index in [9.17, 15) is 4.79 Å². The molecule has 0 fully saturated rings. The van der Waals surface area contributed by atoms with Gasteiger partial charge in [-0.3, -0.25) is 4.79 Å². The lowest BCUT2D eigenvalue weighted by Gasteiger charge is -2.07. The van der Waals surface area contributed by atoms with Crippen molar-refractivity contribution in [2.45, 2.75) is 19.8 Å². The van der Waals surface area contributed by atoms with E-state index in [-0.39, 0.29) is 11.8 Å². The predicted octanol–water partition coefficient (Wildman–Crippen LogP) is 3.64. The maximum Gasteiger partial charge on any atom is 0.260 e. The van der Waals surface area contributed by atoms with Crippen LogP contribution in [0.5, 0.6) is 0 Å². The van der Waals surface area contributed by atoms with Crippen LogP contribution in [-0.4, -0.2) is 16.0 Å². The van der Waals surface area contributed by atoms with E-state index in [4.69, 9.17) is 16.1 Å². The summed E-state index contributed by atoms with van der Waals surface area (Å²) in [6, 6.07) is 5.01. The third kappa shape index (κ3) is 3.05. The summed E-state index contributed by atoms with van der Waals surface area (Å²) in [5.74, 6) is 0.742. The highest BCUT2D eigenvalue weighted by Gasteiger charge is 2.16. The van der Waals surface area contributed by atoms with Crippen LogP contribution in [0.2, 0.25) is 5.02 Å². The third-order valence-corrected chi connectivity index (χ3v) is 2.85. The number of hydrogen-bond donors (Lipinski definition) is 1. The molecule has 0 unspecified atom stereocenters. The van der Waals surface area contributed by atoms with Gasteiger partial charge in [-0.15, -0.1) is 0 Å². The van der Waals surface area contributed by atoms with E-state index in [0.717, 1.165) is 0 Å². The molecule has 0 bridgehead atoms. The number of carbonyl (C=O) groups excluding carboxylic acids is 1. The van der Waals surface area contributed by atoms with E-state index in [1.807, 2.05) is 13.8 Å². The van der Waals surface area contributed by atoms with Crippen LogP contribution in [0.4, 0.5) is 5.69 Å². The summed E-state index contributed by atoms with van der Waals surface area (Å²) in [6.07, 6.45) is 1.19. The zero-order chi connectivity index (χ0) is 14.7. The van der Waals surface area contributed by atoms with Crippen molar-refractivity contribution in [1.29, 1.82) is 0 Å². The minimum atomic E-state index is -0.322. The molecule has 104 valence electrons. The second-order valence-electron chi connectivity index (χ2n) is 4.50. The molecule has 5 nitrogen and oxygen atoms in total. The second kappa shape index (κ2) is 5.88. The number of rotatable bonds is 4. The van der Waals surface area contributed by atoms with E-state index in [1.165, 1.54) is 6.08 Å². The molecule has 1 heterocycles. The first-order valence-corrected chi connectivity index (χ1v) is 6.46. The molecular weight excluding hydrogens is 278 g/mol. The summed E-state index contributed by atoms with van der Waals surface area (Å²) in [6.45, 7) is 7.35. The lowest BCUT2D eigenvalue weighted by atomic mass is 10.1. The highest BCUT2D eigenvalue weighted by molar-refractivity contribution is 6.31. The highest BCUT2D eigenvalue weighted by atomic mass is 35.5. The van der Waals surface area contributed by atoms with Crippen LogP contribution in [0, 0.1) is 0 Å². The van der Waals surface area contributed by atoms with Crippen molar-refractivity contribution in [1.82, 2.24) is 10.1 Å². The molecule has 20 heavy (non-hydrogen) atoms. The Morgan fingerprint density at radius 2 is 2.25 bits per heavy atom. The fraction of sp³-hybridized carbons (Fsp3) is 0.214. The largest absolute Gasteiger partial charge is 0.334 e. The summed E-state index contributed by atoms with van der Waals surface area (Å²) in [5.41, 5.74) is 1.12. The first kappa shape index (κ1) is 14.3. The molecule has 0 saturated heterocycles. The van der Waals surface area contributed by atoms with Crippen LogP contribution < -0.4 is 5.32 Å². The van der Waals surface area contributed by atoms with Crippen LogP contribution in [-0.2, 0) is 4.79 Å². The van der Waals surface area contributed by atoms with Crippen LogP contribution >= 0.6 is 11.6 Å². The maximum absolute atomic E-state index is 11.4. The minimum Gasteiger partial charge on any atom is -0.334 e. The van der Waals surface area contributed by atoms with Crippen LogP contribution in [0.25, 0.3) is 11.5 Å². The normalized spacial score (nSPS) is 10.6. The molecule has 0 aliphatic heterocycles. The quantitative estimate of drug-likeness (QED) is 0.873. The number of carbonyl (C=O) groups is 1. The topological polar surface area (TPSA) is 68.0 Å².